The van der Waals surface area contributed by atoms with Gasteiger partial charge in [-0.15, -0.1) is 0 Å². The molecule has 4 rings (SSSR count). The van der Waals surface area contributed by atoms with Gasteiger partial charge in [0.1, 0.15) is 12.4 Å². The number of amides is 1. The summed E-state index contributed by atoms with van der Waals surface area (Å²) < 4.78 is 1.69. The summed E-state index contributed by atoms with van der Waals surface area (Å²) in [5.41, 5.74) is 3.10. The number of anilines is 1. The summed E-state index contributed by atoms with van der Waals surface area (Å²) in [4.78, 5) is 21.7. The van der Waals surface area contributed by atoms with Crippen LogP contribution in [0.15, 0.2) is 72.3 Å². The number of carbonyl (C=O) groups is 1. The van der Waals surface area contributed by atoms with Crippen molar-refractivity contribution in [2.24, 2.45) is 0 Å². The zero-order chi connectivity index (χ0) is 17.9. The van der Waals surface area contributed by atoms with Crippen molar-refractivity contribution in [3.05, 3.63) is 83.6 Å². The number of fused-ring (bicyclic) bond motifs is 1. The Bertz CT molecular complexity index is 948. The maximum atomic E-state index is 13.0. The van der Waals surface area contributed by atoms with Crippen LogP contribution in [-0.2, 0) is 11.3 Å². The molecule has 3 aromatic rings. The van der Waals surface area contributed by atoms with Crippen molar-refractivity contribution in [2.75, 3.05) is 5.32 Å². The molecule has 0 fully saturated rings. The highest BCUT2D eigenvalue weighted by molar-refractivity contribution is 5.96. The van der Waals surface area contributed by atoms with E-state index in [4.69, 9.17) is 0 Å². The van der Waals surface area contributed by atoms with Crippen molar-refractivity contribution in [3.63, 3.8) is 0 Å². The Balaban J connectivity index is 1.67. The molecule has 1 atom stereocenters. The van der Waals surface area contributed by atoms with E-state index in [2.05, 4.69) is 25.7 Å². The molecule has 2 N–H and O–H groups in total. The fourth-order valence-electron chi connectivity index (χ4n) is 3.07. The average molecular weight is 346 g/mol. The summed E-state index contributed by atoms with van der Waals surface area (Å²) in [5.74, 6) is 0.438. The summed E-state index contributed by atoms with van der Waals surface area (Å²) in [7, 11) is 0. The molecule has 0 aliphatic carbocycles. The molecule has 26 heavy (non-hydrogen) atoms. The topological polar surface area (TPSA) is 84.7 Å². The van der Waals surface area contributed by atoms with Crippen LogP contribution < -0.4 is 10.6 Å². The zero-order valence-corrected chi connectivity index (χ0v) is 14.3. The Labute approximate surface area is 150 Å². The molecule has 1 unspecified atom stereocenters. The molecule has 0 spiro atoms. The highest BCUT2D eigenvalue weighted by Crippen LogP contribution is 2.33. The van der Waals surface area contributed by atoms with Gasteiger partial charge in [-0.25, -0.2) is 4.68 Å². The van der Waals surface area contributed by atoms with Crippen LogP contribution in [0.1, 0.15) is 24.2 Å². The van der Waals surface area contributed by atoms with Crippen molar-refractivity contribution in [3.8, 4) is 0 Å². The zero-order valence-electron chi connectivity index (χ0n) is 14.3. The van der Waals surface area contributed by atoms with E-state index in [1.807, 2.05) is 55.5 Å². The monoisotopic (exact) mass is 346 g/mol. The van der Waals surface area contributed by atoms with Crippen LogP contribution >= 0.6 is 0 Å². The second-order valence-electron chi connectivity index (χ2n) is 6.02. The third-order valence-electron chi connectivity index (χ3n) is 4.30. The molecule has 0 radical (unpaired) electrons. The first kappa shape index (κ1) is 16.0. The number of rotatable bonds is 4. The first-order valence-electron chi connectivity index (χ1n) is 8.34. The number of benzene rings is 1. The number of hydrogen-bond acceptors (Lipinski definition) is 5. The Morgan fingerprint density at radius 1 is 1.15 bits per heavy atom. The highest BCUT2D eigenvalue weighted by atomic mass is 16.1. The molecule has 130 valence electrons. The quantitative estimate of drug-likeness (QED) is 0.757. The molecular formula is C19H18N6O. The molecule has 0 saturated carbocycles. The maximum Gasteiger partial charge on any atom is 0.251 e. The van der Waals surface area contributed by atoms with E-state index in [1.165, 1.54) is 6.33 Å². The fourth-order valence-corrected chi connectivity index (χ4v) is 3.07. The minimum Gasteiger partial charge on any atom is -0.348 e. The van der Waals surface area contributed by atoms with E-state index in [0.717, 1.165) is 17.0 Å². The van der Waals surface area contributed by atoms with Gasteiger partial charge in [0.15, 0.2) is 0 Å². The first-order valence-corrected chi connectivity index (χ1v) is 8.34. The van der Waals surface area contributed by atoms with Crippen LogP contribution in [0.2, 0.25) is 0 Å². The van der Waals surface area contributed by atoms with Gasteiger partial charge in [-0.1, -0.05) is 36.4 Å². The van der Waals surface area contributed by atoms with Gasteiger partial charge in [-0.05, 0) is 24.6 Å². The number of hydrogen-bond donors (Lipinski definition) is 2. The summed E-state index contributed by atoms with van der Waals surface area (Å²) in [6.45, 7) is 2.32. The summed E-state index contributed by atoms with van der Waals surface area (Å²) in [5, 5.41) is 10.4. The van der Waals surface area contributed by atoms with Crippen LogP contribution in [0, 0.1) is 0 Å². The fraction of sp³-hybridized carbons (Fsp3) is 0.158. The highest BCUT2D eigenvalue weighted by Gasteiger charge is 2.33. The molecule has 1 amide bonds. The number of pyridine rings is 1. The van der Waals surface area contributed by atoms with E-state index in [9.17, 15) is 4.79 Å². The van der Waals surface area contributed by atoms with E-state index in [0.29, 0.717) is 18.1 Å². The molecule has 7 nitrogen and oxygen atoms in total. The Kier molecular flexibility index (Phi) is 4.18. The molecule has 3 heterocycles. The molecule has 1 aliphatic rings. The van der Waals surface area contributed by atoms with Crippen molar-refractivity contribution in [1.29, 1.82) is 0 Å². The number of aromatic nitrogens is 4. The number of nitrogens with zero attached hydrogens (tertiary/aromatic N) is 4. The van der Waals surface area contributed by atoms with E-state index >= 15 is 0 Å². The Morgan fingerprint density at radius 2 is 1.96 bits per heavy atom. The smallest absolute Gasteiger partial charge is 0.251 e. The lowest BCUT2D eigenvalue weighted by molar-refractivity contribution is -0.118. The third kappa shape index (κ3) is 2.95. The van der Waals surface area contributed by atoms with Crippen LogP contribution in [-0.4, -0.2) is 25.7 Å². The lowest BCUT2D eigenvalue weighted by Crippen LogP contribution is -2.35. The first-order chi connectivity index (χ1) is 12.7. The Morgan fingerprint density at radius 3 is 2.73 bits per heavy atom. The van der Waals surface area contributed by atoms with Crippen LogP contribution in [0.5, 0.6) is 0 Å². The molecule has 0 saturated heterocycles. The molecule has 7 heteroatoms. The molecule has 2 aromatic heterocycles. The Hall–Kier alpha value is -3.48. The summed E-state index contributed by atoms with van der Waals surface area (Å²) in [6, 6.07) is 15.0. The summed E-state index contributed by atoms with van der Waals surface area (Å²) in [6.07, 6.45) is 3.18. The standard InChI is InChI=1S/C19H18N6O/c1-13-16(18(26)21-11-14-7-3-2-4-8-14)17(15-9-5-6-10-20-15)25-19(24-13)22-12-23-25/h2-10,12,17H,11H2,1H3,(H,21,26)(H,22,23,24). The van der Waals surface area contributed by atoms with E-state index in [-0.39, 0.29) is 5.91 Å². The van der Waals surface area contributed by atoms with Gasteiger partial charge in [0.05, 0.1) is 11.3 Å². The van der Waals surface area contributed by atoms with Crippen LogP contribution in [0.3, 0.4) is 0 Å². The number of allylic oxidation sites excluding steroid dienone is 1. The van der Waals surface area contributed by atoms with Gasteiger partial charge in [-0.2, -0.15) is 10.1 Å². The average Bonchev–Trinajstić information content (AvgIpc) is 3.14. The van der Waals surface area contributed by atoms with Crippen molar-refractivity contribution >= 4 is 11.9 Å². The lowest BCUT2D eigenvalue weighted by Gasteiger charge is -2.28. The summed E-state index contributed by atoms with van der Waals surface area (Å²) >= 11 is 0. The minimum absolute atomic E-state index is 0.157. The van der Waals surface area contributed by atoms with Gasteiger partial charge in [0, 0.05) is 18.4 Å². The van der Waals surface area contributed by atoms with Gasteiger partial charge in [0.25, 0.3) is 5.91 Å². The third-order valence-corrected chi connectivity index (χ3v) is 4.30. The maximum absolute atomic E-state index is 13.0. The number of carbonyl (C=O) groups excluding carboxylic acids is 1. The van der Waals surface area contributed by atoms with Crippen molar-refractivity contribution in [2.45, 2.75) is 19.5 Å². The molecule has 1 aliphatic heterocycles. The van der Waals surface area contributed by atoms with Crippen LogP contribution in [0.4, 0.5) is 5.95 Å². The molecular weight excluding hydrogens is 328 g/mol. The van der Waals surface area contributed by atoms with Gasteiger partial charge in [0.2, 0.25) is 5.95 Å². The second-order valence-corrected chi connectivity index (χ2v) is 6.02. The van der Waals surface area contributed by atoms with Gasteiger partial charge in [-0.3, -0.25) is 9.78 Å². The number of nitrogens with one attached hydrogen (secondary N) is 2. The van der Waals surface area contributed by atoms with Crippen molar-refractivity contribution < 1.29 is 4.79 Å². The second kappa shape index (κ2) is 6.79. The van der Waals surface area contributed by atoms with E-state index < -0.39 is 6.04 Å². The van der Waals surface area contributed by atoms with Crippen LogP contribution in [0.25, 0.3) is 0 Å². The minimum atomic E-state index is -0.425. The predicted octanol–water partition coefficient (Wildman–Crippen LogP) is 2.28. The van der Waals surface area contributed by atoms with E-state index in [1.54, 1.807) is 10.9 Å². The normalized spacial score (nSPS) is 16.0. The molecule has 1 aromatic carbocycles. The largest absolute Gasteiger partial charge is 0.348 e. The molecule has 0 bridgehead atoms. The van der Waals surface area contributed by atoms with Crippen molar-refractivity contribution in [1.82, 2.24) is 25.1 Å². The van der Waals surface area contributed by atoms with Gasteiger partial charge < -0.3 is 10.6 Å². The predicted molar refractivity (Wildman–Crippen MR) is 97.0 cm³/mol. The SMILES string of the molecule is CC1=C(C(=O)NCc2ccccc2)C(c2ccccn2)n2ncnc2N1. The lowest BCUT2D eigenvalue weighted by atomic mass is 9.98. The van der Waals surface area contributed by atoms with Gasteiger partial charge >= 0.3 is 0 Å².